The highest BCUT2D eigenvalue weighted by atomic mass is 32.2. The first-order chi connectivity index (χ1) is 11.7. The molecule has 1 atom stereocenters. The van der Waals surface area contributed by atoms with Gasteiger partial charge in [0, 0.05) is 18.5 Å². The lowest BCUT2D eigenvalue weighted by Crippen LogP contribution is -2.18. The number of hydrogen-bond acceptors (Lipinski definition) is 3. The maximum absolute atomic E-state index is 12.3. The number of hydrogen-bond donors (Lipinski definition) is 2. The third kappa shape index (κ3) is 2.39. The molecule has 1 aromatic heterocycles. The number of carbonyl (C=O) groups excluding carboxylic acids is 1. The number of aromatic nitrogens is 1. The fourth-order valence-corrected chi connectivity index (χ4v) is 4.78. The Labute approximate surface area is 142 Å². The second-order valence-electron chi connectivity index (χ2n) is 5.82. The van der Waals surface area contributed by atoms with E-state index in [1.54, 1.807) is 17.6 Å². The van der Waals surface area contributed by atoms with Gasteiger partial charge in [0.25, 0.3) is 5.91 Å². The van der Waals surface area contributed by atoms with Gasteiger partial charge in [0.15, 0.2) is 4.90 Å². The number of carbonyl (C=O) groups is 1. The van der Waals surface area contributed by atoms with Gasteiger partial charge in [0.05, 0.1) is 16.6 Å². The summed E-state index contributed by atoms with van der Waals surface area (Å²) in [5, 5.41) is 9.75. The van der Waals surface area contributed by atoms with Crippen molar-refractivity contribution in [3.8, 4) is 0 Å². The zero-order chi connectivity index (χ0) is 16.7. The van der Waals surface area contributed by atoms with E-state index < -0.39 is 17.1 Å². The summed E-state index contributed by atoms with van der Waals surface area (Å²) >= 11 is -0.922. The zero-order valence-electron chi connectivity index (χ0n) is 12.9. The Bertz CT molecular complexity index is 918. The maximum atomic E-state index is 12.3. The van der Waals surface area contributed by atoms with E-state index in [1.165, 1.54) is 0 Å². The second kappa shape index (κ2) is 5.98. The predicted octanol–water partition coefficient (Wildman–Crippen LogP) is 2.47. The normalized spacial score (nSPS) is 16.3. The Morgan fingerprint density at radius 1 is 1.21 bits per heavy atom. The third-order valence-corrected chi connectivity index (χ3v) is 5.92. The van der Waals surface area contributed by atoms with E-state index in [0.29, 0.717) is 17.9 Å². The highest BCUT2D eigenvalue weighted by Crippen LogP contribution is 2.36. The van der Waals surface area contributed by atoms with Gasteiger partial charge in [-0.1, -0.05) is 24.3 Å². The van der Waals surface area contributed by atoms with Crippen molar-refractivity contribution in [2.75, 3.05) is 5.75 Å². The van der Waals surface area contributed by atoms with Crippen LogP contribution in [0.3, 0.4) is 0 Å². The molecule has 4 rings (SSSR count). The lowest BCUT2D eigenvalue weighted by atomic mass is 10.1. The summed E-state index contributed by atoms with van der Waals surface area (Å²) in [5.41, 5.74) is 5.32. The van der Waals surface area contributed by atoms with Crippen LogP contribution in [-0.2, 0) is 24.1 Å². The topological polar surface area (TPSA) is 77.3 Å². The van der Waals surface area contributed by atoms with E-state index >= 15 is 0 Å². The molecule has 2 N–H and O–H groups in total. The van der Waals surface area contributed by atoms with E-state index in [0.717, 1.165) is 33.5 Å². The van der Waals surface area contributed by atoms with Gasteiger partial charge in [0.1, 0.15) is 5.75 Å². The number of benzene rings is 2. The van der Waals surface area contributed by atoms with Crippen LogP contribution in [0, 0.1) is 0 Å². The lowest BCUT2D eigenvalue weighted by Gasteiger charge is -2.09. The van der Waals surface area contributed by atoms with Crippen LogP contribution < -0.4 is 5.48 Å². The number of para-hydroxylation sites is 1. The first-order valence-corrected chi connectivity index (χ1v) is 9.03. The monoisotopic (exact) mass is 340 g/mol. The summed E-state index contributed by atoms with van der Waals surface area (Å²) in [7, 11) is 0. The minimum absolute atomic E-state index is 0.407. The second-order valence-corrected chi connectivity index (χ2v) is 7.32. The van der Waals surface area contributed by atoms with Crippen molar-refractivity contribution >= 4 is 28.0 Å². The molecule has 122 valence electrons. The highest BCUT2D eigenvalue weighted by molar-refractivity contribution is 7.92. The van der Waals surface area contributed by atoms with Gasteiger partial charge < -0.3 is 9.12 Å². The van der Waals surface area contributed by atoms with Crippen molar-refractivity contribution in [2.24, 2.45) is 0 Å². The van der Waals surface area contributed by atoms with E-state index in [-0.39, 0.29) is 0 Å². The molecule has 24 heavy (non-hydrogen) atoms. The molecule has 0 fully saturated rings. The number of rotatable bonds is 3. The van der Waals surface area contributed by atoms with Crippen LogP contribution in [0.5, 0.6) is 0 Å². The Morgan fingerprint density at radius 2 is 1.96 bits per heavy atom. The number of nitrogens with zero attached hydrogens (tertiary/aromatic N) is 1. The van der Waals surface area contributed by atoms with Gasteiger partial charge in [0.2, 0.25) is 0 Å². The van der Waals surface area contributed by atoms with E-state index in [4.69, 9.17) is 5.21 Å². The van der Waals surface area contributed by atoms with Crippen LogP contribution in [0.2, 0.25) is 0 Å². The maximum Gasteiger partial charge on any atom is 0.274 e. The molecule has 2 heterocycles. The Balaban J connectivity index is 1.74. The molecule has 1 aliphatic heterocycles. The average Bonchev–Trinajstić information content (AvgIpc) is 3.14. The minimum atomic E-state index is -0.922. The number of amides is 1. The zero-order valence-corrected chi connectivity index (χ0v) is 13.7. The molecule has 0 saturated heterocycles. The molecule has 6 heteroatoms. The molecule has 1 aliphatic rings. The summed E-state index contributed by atoms with van der Waals surface area (Å²) in [6.07, 6.45) is 0.821. The highest BCUT2D eigenvalue weighted by Gasteiger charge is 2.32. The van der Waals surface area contributed by atoms with E-state index in [1.807, 2.05) is 30.3 Å². The SMILES string of the molecule is O=C(NO)c1ccc(Cn2c3c(c4ccccc42)[S+]([O-])CC3)cc1. The van der Waals surface area contributed by atoms with Crippen molar-refractivity contribution in [2.45, 2.75) is 17.9 Å². The summed E-state index contributed by atoms with van der Waals surface area (Å²) in [6, 6.07) is 15.2. The van der Waals surface area contributed by atoms with Crippen molar-refractivity contribution in [3.05, 3.63) is 65.4 Å². The molecule has 3 aromatic rings. The molecular weight excluding hydrogens is 324 g/mol. The lowest BCUT2D eigenvalue weighted by molar-refractivity contribution is 0.0706. The summed E-state index contributed by atoms with van der Waals surface area (Å²) in [4.78, 5) is 12.4. The molecule has 5 nitrogen and oxygen atoms in total. The van der Waals surface area contributed by atoms with Crippen LogP contribution in [0.15, 0.2) is 53.4 Å². The number of fused-ring (bicyclic) bond motifs is 3. The summed E-state index contributed by atoms with van der Waals surface area (Å²) in [5.74, 6) is 0.162. The predicted molar refractivity (Wildman–Crippen MR) is 91.7 cm³/mol. The largest absolute Gasteiger partial charge is 0.611 e. The van der Waals surface area contributed by atoms with Gasteiger partial charge in [-0.05, 0) is 41.0 Å². The molecule has 0 bridgehead atoms. The van der Waals surface area contributed by atoms with Gasteiger partial charge in [-0.2, -0.15) is 0 Å². The van der Waals surface area contributed by atoms with Crippen LogP contribution >= 0.6 is 0 Å². The third-order valence-electron chi connectivity index (χ3n) is 4.44. The molecular formula is C18H16N2O3S. The van der Waals surface area contributed by atoms with Crippen molar-refractivity contribution in [1.82, 2.24) is 10.0 Å². The van der Waals surface area contributed by atoms with E-state index in [9.17, 15) is 9.35 Å². The first kappa shape index (κ1) is 15.3. The average molecular weight is 340 g/mol. The standard InChI is InChI=1S/C18H16N2O3S/c21-18(19-22)13-7-5-12(6-8-13)11-20-15-4-2-1-3-14(15)17-16(20)9-10-24(17)23/h1-8,22H,9-11H2,(H,19,21). The first-order valence-electron chi connectivity index (χ1n) is 7.71. The quantitative estimate of drug-likeness (QED) is 0.437. The van der Waals surface area contributed by atoms with Crippen LogP contribution in [0.4, 0.5) is 0 Å². The molecule has 1 amide bonds. The van der Waals surface area contributed by atoms with Crippen LogP contribution in [-0.4, -0.2) is 26.0 Å². The fraction of sp³-hybridized carbons (Fsp3) is 0.167. The molecule has 2 aromatic carbocycles. The number of hydroxylamine groups is 1. The smallest absolute Gasteiger partial charge is 0.274 e. The Hall–Kier alpha value is -2.28. The van der Waals surface area contributed by atoms with Gasteiger partial charge >= 0.3 is 0 Å². The van der Waals surface area contributed by atoms with Crippen molar-refractivity contribution < 1.29 is 14.6 Å². The molecule has 0 aliphatic carbocycles. The summed E-state index contributed by atoms with van der Waals surface area (Å²) < 4.78 is 14.5. The van der Waals surface area contributed by atoms with Crippen LogP contribution in [0.25, 0.3) is 10.9 Å². The molecule has 0 saturated carbocycles. The molecule has 0 radical (unpaired) electrons. The summed E-state index contributed by atoms with van der Waals surface area (Å²) in [6.45, 7) is 0.661. The van der Waals surface area contributed by atoms with E-state index in [2.05, 4.69) is 10.6 Å². The minimum Gasteiger partial charge on any atom is -0.611 e. The molecule has 1 unspecified atom stereocenters. The van der Waals surface area contributed by atoms with Gasteiger partial charge in [-0.25, -0.2) is 5.48 Å². The van der Waals surface area contributed by atoms with Gasteiger partial charge in [-0.3, -0.25) is 10.0 Å². The Morgan fingerprint density at radius 3 is 2.71 bits per heavy atom. The Kier molecular flexibility index (Phi) is 3.80. The van der Waals surface area contributed by atoms with Crippen molar-refractivity contribution in [1.29, 1.82) is 0 Å². The van der Waals surface area contributed by atoms with Gasteiger partial charge in [-0.15, -0.1) is 0 Å². The fourth-order valence-electron chi connectivity index (χ4n) is 3.31. The van der Waals surface area contributed by atoms with Crippen molar-refractivity contribution in [3.63, 3.8) is 0 Å². The number of nitrogens with one attached hydrogen (secondary N) is 1. The van der Waals surface area contributed by atoms with Crippen LogP contribution in [0.1, 0.15) is 21.6 Å². The molecule has 0 spiro atoms.